The van der Waals surface area contributed by atoms with Crippen molar-refractivity contribution in [1.29, 1.82) is 0 Å². The number of halogens is 1. The van der Waals surface area contributed by atoms with Crippen molar-refractivity contribution in [2.24, 2.45) is 5.92 Å². The van der Waals surface area contributed by atoms with Gasteiger partial charge in [-0.3, -0.25) is 0 Å². The lowest BCUT2D eigenvalue weighted by atomic mass is 9.87. The Hall–Kier alpha value is -0.530. The van der Waals surface area contributed by atoms with Gasteiger partial charge in [0.2, 0.25) is 0 Å². The van der Waals surface area contributed by atoms with Crippen LogP contribution in [0.1, 0.15) is 43.2 Å². The van der Waals surface area contributed by atoms with Crippen LogP contribution in [-0.2, 0) is 6.42 Å². The van der Waals surface area contributed by atoms with Crippen LogP contribution >= 0.6 is 12.4 Å². The summed E-state index contributed by atoms with van der Waals surface area (Å²) in [7, 11) is 0. The second-order valence-electron chi connectivity index (χ2n) is 5.94. The van der Waals surface area contributed by atoms with E-state index < -0.39 is 0 Å². The Kier molecular flexibility index (Phi) is 4.69. The molecule has 3 atom stereocenters. The van der Waals surface area contributed by atoms with Gasteiger partial charge in [-0.15, -0.1) is 12.4 Å². The maximum Gasteiger partial charge on any atom is 0.00728 e. The number of rotatable bonds is 3. The monoisotopic (exact) mass is 265 g/mol. The molecule has 2 fully saturated rings. The molecule has 0 radical (unpaired) electrons. The molecule has 0 saturated carbocycles. The van der Waals surface area contributed by atoms with E-state index in [1.807, 2.05) is 0 Å². The predicted octanol–water partition coefficient (Wildman–Crippen LogP) is 3.88. The molecule has 1 nitrogen and oxygen atoms in total. The first-order chi connectivity index (χ1) is 8.31. The van der Waals surface area contributed by atoms with Crippen molar-refractivity contribution < 1.29 is 0 Å². The Balaban J connectivity index is 0.00000120. The van der Waals surface area contributed by atoms with Crippen molar-refractivity contribution in [3.63, 3.8) is 0 Å². The Morgan fingerprint density at radius 2 is 1.78 bits per heavy atom. The molecule has 0 amide bonds. The number of aryl methyl sites for hydroxylation is 2. The summed E-state index contributed by atoms with van der Waals surface area (Å²) in [5, 5.41) is 3.73. The average Bonchev–Trinajstić information content (AvgIpc) is 2.68. The first kappa shape index (κ1) is 13.9. The number of hydrogen-bond acceptors (Lipinski definition) is 1. The summed E-state index contributed by atoms with van der Waals surface area (Å²) in [4.78, 5) is 0. The summed E-state index contributed by atoms with van der Waals surface area (Å²) in [5.41, 5.74) is 3.02. The molecular weight excluding hydrogens is 242 g/mol. The molecule has 2 heterocycles. The largest absolute Gasteiger partial charge is 0.311 e. The smallest absolute Gasteiger partial charge is 0.00728 e. The third-order valence-electron chi connectivity index (χ3n) is 4.65. The third-order valence-corrected chi connectivity index (χ3v) is 4.65. The van der Waals surface area contributed by atoms with E-state index in [1.54, 1.807) is 5.56 Å². The minimum absolute atomic E-state index is 0. The highest BCUT2D eigenvalue weighted by atomic mass is 35.5. The number of fused-ring (bicyclic) bond motifs is 2. The lowest BCUT2D eigenvalue weighted by molar-refractivity contribution is 0.286. The topological polar surface area (TPSA) is 12.0 Å². The van der Waals surface area contributed by atoms with E-state index in [0.717, 1.165) is 18.0 Å². The average molecular weight is 266 g/mol. The molecule has 0 aliphatic carbocycles. The number of nitrogens with one attached hydrogen (secondary N) is 1. The van der Waals surface area contributed by atoms with Crippen LogP contribution in [0.25, 0.3) is 0 Å². The maximum absolute atomic E-state index is 3.73. The van der Waals surface area contributed by atoms with Gasteiger partial charge >= 0.3 is 0 Å². The van der Waals surface area contributed by atoms with Crippen molar-refractivity contribution in [2.45, 2.75) is 57.5 Å². The molecule has 2 heteroatoms. The van der Waals surface area contributed by atoms with Crippen LogP contribution in [0.5, 0.6) is 0 Å². The normalized spacial score (nSPS) is 29.9. The molecule has 2 aliphatic heterocycles. The Bertz CT molecular complexity index is 378. The lowest BCUT2D eigenvalue weighted by Crippen LogP contribution is -2.38. The van der Waals surface area contributed by atoms with Crippen molar-refractivity contribution in [1.82, 2.24) is 5.32 Å². The molecule has 0 aromatic heterocycles. The van der Waals surface area contributed by atoms with Crippen LogP contribution < -0.4 is 5.32 Å². The van der Waals surface area contributed by atoms with Crippen LogP contribution in [0.15, 0.2) is 24.3 Å². The van der Waals surface area contributed by atoms with E-state index in [1.165, 1.54) is 44.1 Å². The fourth-order valence-corrected chi connectivity index (χ4v) is 3.66. The molecular formula is C16H24ClN. The second kappa shape index (κ2) is 6.08. The van der Waals surface area contributed by atoms with Crippen LogP contribution in [-0.4, -0.2) is 12.1 Å². The number of benzene rings is 1. The SMILES string of the molecule is Cc1ccccc1CCC1C[C@H]2CC[C@@H](C1)N2.Cl. The van der Waals surface area contributed by atoms with Crippen molar-refractivity contribution >= 4 is 12.4 Å². The fraction of sp³-hybridized carbons (Fsp3) is 0.625. The Labute approximate surface area is 117 Å². The summed E-state index contributed by atoms with van der Waals surface area (Å²) < 4.78 is 0. The molecule has 1 unspecified atom stereocenters. The van der Waals surface area contributed by atoms with Crippen LogP contribution in [0.2, 0.25) is 0 Å². The molecule has 2 saturated heterocycles. The van der Waals surface area contributed by atoms with Crippen LogP contribution in [0.3, 0.4) is 0 Å². The highest BCUT2D eigenvalue weighted by Gasteiger charge is 2.32. The predicted molar refractivity (Wildman–Crippen MR) is 79.4 cm³/mol. The molecule has 2 aliphatic rings. The van der Waals surface area contributed by atoms with Crippen molar-refractivity contribution in [2.75, 3.05) is 0 Å². The third kappa shape index (κ3) is 3.07. The van der Waals surface area contributed by atoms with Crippen LogP contribution in [0, 0.1) is 12.8 Å². The van der Waals surface area contributed by atoms with Crippen molar-refractivity contribution in [3.8, 4) is 0 Å². The molecule has 1 aromatic carbocycles. The first-order valence-electron chi connectivity index (χ1n) is 7.12. The van der Waals surface area contributed by atoms with E-state index in [9.17, 15) is 0 Å². The van der Waals surface area contributed by atoms with E-state index in [4.69, 9.17) is 0 Å². The summed E-state index contributed by atoms with van der Waals surface area (Å²) in [6.45, 7) is 2.24. The molecule has 0 spiro atoms. The zero-order chi connectivity index (χ0) is 11.7. The quantitative estimate of drug-likeness (QED) is 0.875. The summed E-state index contributed by atoms with van der Waals surface area (Å²) in [6.07, 6.45) is 8.35. The minimum Gasteiger partial charge on any atom is -0.311 e. The van der Waals surface area contributed by atoms with Gasteiger partial charge in [-0.05, 0) is 62.5 Å². The molecule has 2 bridgehead atoms. The number of hydrogen-bond donors (Lipinski definition) is 1. The van der Waals surface area contributed by atoms with Crippen molar-refractivity contribution in [3.05, 3.63) is 35.4 Å². The van der Waals surface area contributed by atoms with Gasteiger partial charge in [0, 0.05) is 12.1 Å². The van der Waals surface area contributed by atoms with E-state index in [2.05, 4.69) is 36.5 Å². The van der Waals surface area contributed by atoms with E-state index >= 15 is 0 Å². The van der Waals surface area contributed by atoms with Gasteiger partial charge in [-0.1, -0.05) is 24.3 Å². The van der Waals surface area contributed by atoms with Gasteiger partial charge in [0.25, 0.3) is 0 Å². The molecule has 100 valence electrons. The second-order valence-corrected chi connectivity index (χ2v) is 5.94. The summed E-state index contributed by atoms with van der Waals surface area (Å²) in [5.74, 6) is 0.966. The van der Waals surface area contributed by atoms with E-state index in [0.29, 0.717) is 0 Å². The molecule has 3 rings (SSSR count). The van der Waals surface area contributed by atoms with Gasteiger partial charge in [0.1, 0.15) is 0 Å². The Morgan fingerprint density at radius 3 is 2.44 bits per heavy atom. The standard InChI is InChI=1S/C16H23N.ClH/c1-12-4-2-3-5-14(12)7-6-13-10-15-8-9-16(11-13)17-15;/h2-5,13,15-17H,6-11H2,1H3;1H/t13?,15-,16+;. The lowest BCUT2D eigenvalue weighted by Gasteiger charge is -2.29. The van der Waals surface area contributed by atoms with Gasteiger partial charge in [0.15, 0.2) is 0 Å². The summed E-state index contributed by atoms with van der Waals surface area (Å²) >= 11 is 0. The van der Waals surface area contributed by atoms with Gasteiger partial charge in [-0.25, -0.2) is 0 Å². The van der Waals surface area contributed by atoms with E-state index in [-0.39, 0.29) is 12.4 Å². The first-order valence-corrected chi connectivity index (χ1v) is 7.12. The molecule has 18 heavy (non-hydrogen) atoms. The fourth-order valence-electron chi connectivity index (χ4n) is 3.66. The van der Waals surface area contributed by atoms with Gasteiger partial charge in [0.05, 0.1) is 0 Å². The maximum atomic E-state index is 3.73. The minimum atomic E-state index is 0. The van der Waals surface area contributed by atoms with Crippen LogP contribution in [0.4, 0.5) is 0 Å². The molecule has 1 N–H and O–H groups in total. The highest BCUT2D eigenvalue weighted by Crippen LogP contribution is 2.33. The zero-order valence-corrected chi connectivity index (χ0v) is 12.0. The number of piperidine rings is 1. The zero-order valence-electron chi connectivity index (χ0n) is 11.2. The highest BCUT2D eigenvalue weighted by molar-refractivity contribution is 5.85. The summed E-state index contributed by atoms with van der Waals surface area (Å²) in [6, 6.07) is 10.5. The van der Waals surface area contributed by atoms with Gasteiger partial charge in [-0.2, -0.15) is 0 Å². The Morgan fingerprint density at radius 1 is 1.11 bits per heavy atom. The van der Waals surface area contributed by atoms with Gasteiger partial charge < -0.3 is 5.32 Å². The molecule has 1 aromatic rings.